The molecule has 1 N–H and O–H groups in total. The van der Waals surface area contributed by atoms with Crippen molar-refractivity contribution < 1.29 is 0 Å². The fourth-order valence-electron chi connectivity index (χ4n) is 2.35. The Morgan fingerprint density at radius 3 is 2.70 bits per heavy atom. The van der Waals surface area contributed by atoms with Gasteiger partial charge in [0.25, 0.3) is 0 Å². The number of hydrogen-bond acceptors (Lipinski definition) is 4. The summed E-state index contributed by atoms with van der Waals surface area (Å²) in [5, 5.41) is 5.52. The summed E-state index contributed by atoms with van der Waals surface area (Å²) >= 11 is 1.68. The highest BCUT2D eigenvalue weighted by Crippen LogP contribution is 2.26. The standard InChI is InChI=1S/C16H17N3S/c1-3-12-6-4-5-7-13(12)10-17-16-15-14(8-9-20-15)18-11(2)19-16/h4-9H,3,10H2,1-2H3,(H,17,18,19). The second-order valence-electron chi connectivity index (χ2n) is 4.73. The lowest BCUT2D eigenvalue weighted by atomic mass is 10.1. The molecular formula is C16H17N3S. The fraction of sp³-hybridized carbons (Fsp3) is 0.250. The van der Waals surface area contributed by atoms with Crippen LogP contribution in [0.15, 0.2) is 35.7 Å². The lowest BCUT2D eigenvalue weighted by molar-refractivity contribution is 1.02. The molecule has 4 heteroatoms. The maximum Gasteiger partial charge on any atom is 0.148 e. The topological polar surface area (TPSA) is 37.8 Å². The van der Waals surface area contributed by atoms with Crippen LogP contribution in [0.25, 0.3) is 10.2 Å². The maximum atomic E-state index is 4.53. The number of aryl methyl sites for hydroxylation is 2. The number of nitrogens with zero attached hydrogens (tertiary/aromatic N) is 2. The van der Waals surface area contributed by atoms with Crippen LogP contribution < -0.4 is 5.32 Å². The summed E-state index contributed by atoms with van der Waals surface area (Å²) in [6, 6.07) is 10.6. The second kappa shape index (κ2) is 5.59. The molecule has 0 atom stereocenters. The summed E-state index contributed by atoms with van der Waals surface area (Å²) in [6.45, 7) is 4.92. The lowest BCUT2D eigenvalue weighted by Gasteiger charge is -2.10. The van der Waals surface area contributed by atoms with Gasteiger partial charge in [-0.3, -0.25) is 0 Å². The summed E-state index contributed by atoms with van der Waals surface area (Å²) in [6.07, 6.45) is 1.05. The predicted molar refractivity (Wildman–Crippen MR) is 85.3 cm³/mol. The third-order valence-corrected chi connectivity index (χ3v) is 4.27. The minimum atomic E-state index is 0.799. The van der Waals surface area contributed by atoms with Crippen LogP contribution in [0.5, 0.6) is 0 Å². The van der Waals surface area contributed by atoms with Crippen molar-refractivity contribution in [1.29, 1.82) is 0 Å². The molecule has 102 valence electrons. The molecule has 0 saturated heterocycles. The Labute approximate surface area is 122 Å². The molecule has 3 nitrogen and oxygen atoms in total. The number of anilines is 1. The van der Waals surface area contributed by atoms with Gasteiger partial charge < -0.3 is 5.32 Å². The summed E-state index contributed by atoms with van der Waals surface area (Å²) < 4.78 is 1.13. The Morgan fingerprint density at radius 1 is 1.10 bits per heavy atom. The van der Waals surface area contributed by atoms with Crippen molar-refractivity contribution in [2.24, 2.45) is 0 Å². The quantitative estimate of drug-likeness (QED) is 0.780. The summed E-state index contributed by atoms with van der Waals surface area (Å²) in [5.74, 6) is 1.75. The molecular weight excluding hydrogens is 266 g/mol. The molecule has 0 unspecified atom stereocenters. The van der Waals surface area contributed by atoms with E-state index in [2.05, 4.69) is 51.9 Å². The molecule has 0 radical (unpaired) electrons. The minimum Gasteiger partial charge on any atom is -0.365 e. The van der Waals surface area contributed by atoms with Gasteiger partial charge in [-0.25, -0.2) is 9.97 Å². The average Bonchev–Trinajstić information content (AvgIpc) is 2.93. The Kier molecular flexibility index (Phi) is 3.65. The highest BCUT2D eigenvalue weighted by Gasteiger charge is 2.07. The normalized spacial score (nSPS) is 10.9. The molecule has 0 saturated carbocycles. The van der Waals surface area contributed by atoms with Gasteiger partial charge in [0, 0.05) is 6.54 Å². The van der Waals surface area contributed by atoms with Crippen molar-refractivity contribution in [1.82, 2.24) is 9.97 Å². The number of rotatable bonds is 4. The van der Waals surface area contributed by atoms with E-state index < -0.39 is 0 Å². The highest BCUT2D eigenvalue weighted by molar-refractivity contribution is 7.17. The van der Waals surface area contributed by atoms with Crippen molar-refractivity contribution in [3.63, 3.8) is 0 Å². The fourth-order valence-corrected chi connectivity index (χ4v) is 3.15. The van der Waals surface area contributed by atoms with Crippen LogP contribution in [0.1, 0.15) is 23.9 Å². The molecule has 3 aromatic rings. The van der Waals surface area contributed by atoms with E-state index in [4.69, 9.17) is 0 Å². The van der Waals surface area contributed by atoms with Gasteiger partial charge in [-0.2, -0.15) is 0 Å². The first-order valence-corrected chi connectivity index (χ1v) is 7.68. The van der Waals surface area contributed by atoms with Gasteiger partial charge in [0.1, 0.15) is 11.6 Å². The maximum absolute atomic E-state index is 4.53. The molecule has 2 aromatic heterocycles. The first kappa shape index (κ1) is 13.1. The molecule has 0 fully saturated rings. The van der Waals surface area contributed by atoms with Crippen LogP contribution in [-0.4, -0.2) is 9.97 Å². The number of aromatic nitrogens is 2. The van der Waals surface area contributed by atoms with Crippen molar-refractivity contribution >= 4 is 27.4 Å². The van der Waals surface area contributed by atoms with E-state index in [0.29, 0.717) is 0 Å². The average molecular weight is 283 g/mol. The van der Waals surface area contributed by atoms with Gasteiger partial charge in [0.05, 0.1) is 10.2 Å². The van der Waals surface area contributed by atoms with E-state index >= 15 is 0 Å². The first-order chi connectivity index (χ1) is 9.78. The molecule has 0 amide bonds. The number of benzene rings is 1. The van der Waals surface area contributed by atoms with Crippen LogP contribution in [0, 0.1) is 6.92 Å². The zero-order chi connectivity index (χ0) is 13.9. The zero-order valence-electron chi connectivity index (χ0n) is 11.7. The number of nitrogens with one attached hydrogen (secondary N) is 1. The number of fused-ring (bicyclic) bond motifs is 1. The lowest BCUT2D eigenvalue weighted by Crippen LogP contribution is -2.05. The molecule has 0 bridgehead atoms. The van der Waals surface area contributed by atoms with E-state index in [1.165, 1.54) is 11.1 Å². The van der Waals surface area contributed by atoms with Crippen molar-refractivity contribution in [2.45, 2.75) is 26.8 Å². The first-order valence-electron chi connectivity index (χ1n) is 6.80. The van der Waals surface area contributed by atoms with Crippen LogP contribution in [-0.2, 0) is 13.0 Å². The third-order valence-electron chi connectivity index (χ3n) is 3.36. The van der Waals surface area contributed by atoms with Crippen LogP contribution >= 0.6 is 11.3 Å². The van der Waals surface area contributed by atoms with E-state index in [1.807, 2.05) is 13.0 Å². The van der Waals surface area contributed by atoms with E-state index in [0.717, 1.165) is 34.8 Å². The van der Waals surface area contributed by atoms with Crippen molar-refractivity contribution in [3.05, 3.63) is 52.7 Å². The SMILES string of the molecule is CCc1ccccc1CNc1nc(C)nc2ccsc12. The molecule has 0 aliphatic carbocycles. The van der Waals surface area contributed by atoms with Crippen LogP contribution in [0.3, 0.4) is 0 Å². The molecule has 1 aromatic carbocycles. The molecule has 2 heterocycles. The van der Waals surface area contributed by atoms with Gasteiger partial charge in [0.2, 0.25) is 0 Å². The molecule has 20 heavy (non-hydrogen) atoms. The Balaban J connectivity index is 1.88. The Morgan fingerprint density at radius 2 is 1.90 bits per heavy atom. The molecule has 0 spiro atoms. The Bertz CT molecular complexity index is 733. The monoisotopic (exact) mass is 283 g/mol. The summed E-state index contributed by atoms with van der Waals surface area (Å²) in [4.78, 5) is 8.98. The number of thiophene rings is 1. The van der Waals surface area contributed by atoms with E-state index in [9.17, 15) is 0 Å². The van der Waals surface area contributed by atoms with E-state index in [-0.39, 0.29) is 0 Å². The van der Waals surface area contributed by atoms with Gasteiger partial charge in [-0.05, 0) is 35.9 Å². The predicted octanol–water partition coefficient (Wildman–Crippen LogP) is 4.17. The third kappa shape index (κ3) is 2.51. The smallest absolute Gasteiger partial charge is 0.148 e. The van der Waals surface area contributed by atoms with Gasteiger partial charge in [-0.1, -0.05) is 31.2 Å². The van der Waals surface area contributed by atoms with Crippen LogP contribution in [0.2, 0.25) is 0 Å². The van der Waals surface area contributed by atoms with Gasteiger partial charge in [-0.15, -0.1) is 11.3 Å². The van der Waals surface area contributed by atoms with Crippen molar-refractivity contribution in [2.75, 3.05) is 5.32 Å². The Hall–Kier alpha value is -1.94. The summed E-state index contributed by atoms with van der Waals surface area (Å²) in [7, 11) is 0. The van der Waals surface area contributed by atoms with Gasteiger partial charge >= 0.3 is 0 Å². The highest BCUT2D eigenvalue weighted by atomic mass is 32.1. The van der Waals surface area contributed by atoms with Crippen molar-refractivity contribution in [3.8, 4) is 0 Å². The number of hydrogen-bond donors (Lipinski definition) is 1. The largest absolute Gasteiger partial charge is 0.365 e. The minimum absolute atomic E-state index is 0.799. The molecule has 0 aliphatic rings. The summed E-state index contributed by atoms with van der Waals surface area (Å²) in [5.41, 5.74) is 3.73. The molecule has 3 rings (SSSR count). The molecule has 0 aliphatic heterocycles. The van der Waals surface area contributed by atoms with Gasteiger partial charge in [0.15, 0.2) is 0 Å². The van der Waals surface area contributed by atoms with E-state index in [1.54, 1.807) is 11.3 Å². The second-order valence-corrected chi connectivity index (χ2v) is 5.65. The zero-order valence-corrected chi connectivity index (χ0v) is 12.5. The van der Waals surface area contributed by atoms with Crippen LogP contribution in [0.4, 0.5) is 5.82 Å².